The van der Waals surface area contributed by atoms with Crippen molar-refractivity contribution >= 4 is 27.5 Å². The second-order valence-electron chi connectivity index (χ2n) is 10.3. The Balaban J connectivity index is 1.34. The lowest BCUT2D eigenvalue weighted by Crippen LogP contribution is -1.97. The first kappa shape index (κ1) is 23.2. The van der Waals surface area contributed by atoms with Crippen LogP contribution in [0.25, 0.3) is 61.1 Å². The lowest BCUT2D eigenvalue weighted by Gasteiger charge is -2.14. The normalized spacial score (nSPS) is 11.7. The Morgan fingerprint density at radius 2 is 1.38 bits per heavy atom. The Morgan fingerprint density at radius 3 is 2.18 bits per heavy atom. The van der Waals surface area contributed by atoms with Gasteiger partial charge in [0.15, 0.2) is 11.5 Å². The zero-order chi connectivity index (χ0) is 26.5. The van der Waals surface area contributed by atoms with E-state index in [1.54, 1.807) is 0 Å². The van der Waals surface area contributed by atoms with E-state index in [-0.39, 0.29) is 0 Å². The maximum Gasteiger partial charge on any atom is 0.182 e. The molecule has 4 aromatic heterocycles. The van der Waals surface area contributed by atoms with Gasteiger partial charge in [0.05, 0.1) is 11.0 Å². The van der Waals surface area contributed by atoms with E-state index in [0.717, 1.165) is 66.7 Å². The van der Waals surface area contributed by atoms with E-state index in [1.165, 1.54) is 0 Å². The predicted molar refractivity (Wildman–Crippen MR) is 159 cm³/mol. The SMILES string of the molecule is Cc1ccc2ccc3c(-c4ccc(-c5nc6c(-c7ccccc7)cccn6n5)cc4)cc(C(C)C)nc3c2n1. The Kier molecular flexibility index (Phi) is 5.44. The molecule has 188 valence electrons. The van der Waals surface area contributed by atoms with Crippen LogP contribution in [-0.2, 0) is 0 Å². The molecule has 0 aliphatic rings. The standard InChI is InChI=1S/C34H27N5/c1-21(2)30-20-29(28-18-17-25-12-11-22(3)35-31(25)32(28)36-30)24-13-15-26(16-14-24)33-37-34-27(10-7-19-39(34)38-33)23-8-5-4-6-9-23/h4-21H,1-3H3. The molecule has 39 heavy (non-hydrogen) atoms. The summed E-state index contributed by atoms with van der Waals surface area (Å²) in [6.45, 7) is 6.40. The number of aryl methyl sites for hydroxylation is 1. The van der Waals surface area contributed by atoms with Crippen LogP contribution in [0.4, 0.5) is 0 Å². The smallest absolute Gasteiger partial charge is 0.182 e. The highest BCUT2D eigenvalue weighted by Crippen LogP contribution is 2.35. The van der Waals surface area contributed by atoms with E-state index in [0.29, 0.717) is 11.7 Å². The minimum Gasteiger partial charge on any atom is -0.251 e. The Hall–Kier alpha value is -4.90. The van der Waals surface area contributed by atoms with Crippen molar-refractivity contribution in [2.24, 2.45) is 0 Å². The van der Waals surface area contributed by atoms with Crippen molar-refractivity contribution in [3.8, 4) is 33.6 Å². The van der Waals surface area contributed by atoms with Gasteiger partial charge >= 0.3 is 0 Å². The van der Waals surface area contributed by atoms with Crippen LogP contribution in [0.2, 0.25) is 0 Å². The maximum absolute atomic E-state index is 5.07. The van der Waals surface area contributed by atoms with Gasteiger partial charge in [-0.3, -0.25) is 9.97 Å². The fraction of sp³-hybridized carbons (Fsp3) is 0.118. The average molecular weight is 506 g/mol. The molecule has 4 heterocycles. The zero-order valence-electron chi connectivity index (χ0n) is 22.1. The molecule has 0 bridgehead atoms. The Morgan fingerprint density at radius 1 is 0.641 bits per heavy atom. The van der Waals surface area contributed by atoms with Crippen molar-refractivity contribution in [3.05, 3.63) is 115 Å². The van der Waals surface area contributed by atoms with Gasteiger partial charge in [0, 0.05) is 39.5 Å². The van der Waals surface area contributed by atoms with E-state index in [4.69, 9.17) is 20.1 Å². The van der Waals surface area contributed by atoms with E-state index < -0.39 is 0 Å². The van der Waals surface area contributed by atoms with Crippen LogP contribution in [0.5, 0.6) is 0 Å². The molecular weight excluding hydrogens is 478 g/mol. The van der Waals surface area contributed by atoms with E-state index in [2.05, 4.69) is 86.6 Å². The monoisotopic (exact) mass is 505 g/mol. The summed E-state index contributed by atoms with van der Waals surface area (Å²) >= 11 is 0. The molecular formula is C34H27N5. The molecule has 0 saturated carbocycles. The Labute approximate surface area is 226 Å². The summed E-state index contributed by atoms with van der Waals surface area (Å²) in [7, 11) is 0. The molecule has 0 atom stereocenters. The highest BCUT2D eigenvalue weighted by Gasteiger charge is 2.15. The second kappa shape index (κ2) is 9.14. The molecule has 3 aromatic carbocycles. The first-order valence-electron chi connectivity index (χ1n) is 13.3. The van der Waals surface area contributed by atoms with Crippen molar-refractivity contribution in [2.75, 3.05) is 0 Å². The molecule has 0 amide bonds. The van der Waals surface area contributed by atoms with Crippen molar-refractivity contribution in [3.63, 3.8) is 0 Å². The van der Waals surface area contributed by atoms with Gasteiger partial charge in [-0.15, -0.1) is 5.10 Å². The Bertz CT molecular complexity index is 1990. The van der Waals surface area contributed by atoms with Crippen LogP contribution < -0.4 is 0 Å². The quantitative estimate of drug-likeness (QED) is 0.226. The van der Waals surface area contributed by atoms with Crippen molar-refractivity contribution < 1.29 is 0 Å². The minimum absolute atomic E-state index is 0.300. The minimum atomic E-state index is 0.300. The molecule has 0 unspecified atom stereocenters. The lowest BCUT2D eigenvalue weighted by atomic mass is 9.95. The first-order chi connectivity index (χ1) is 19.0. The summed E-state index contributed by atoms with van der Waals surface area (Å²) in [4.78, 5) is 14.9. The average Bonchev–Trinajstić information content (AvgIpc) is 3.42. The van der Waals surface area contributed by atoms with E-state index in [9.17, 15) is 0 Å². The number of fused-ring (bicyclic) bond motifs is 4. The third kappa shape index (κ3) is 4.03. The molecule has 0 fully saturated rings. The third-order valence-corrected chi connectivity index (χ3v) is 7.29. The van der Waals surface area contributed by atoms with Crippen LogP contribution in [0.15, 0.2) is 103 Å². The topological polar surface area (TPSA) is 56.0 Å². The number of benzene rings is 3. The van der Waals surface area contributed by atoms with Crippen molar-refractivity contribution in [2.45, 2.75) is 26.7 Å². The van der Waals surface area contributed by atoms with E-state index >= 15 is 0 Å². The molecule has 0 radical (unpaired) electrons. The number of nitrogens with zero attached hydrogens (tertiary/aromatic N) is 5. The predicted octanol–water partition coefficient (Wildman–Crippen LogP) is 8.26. The summed E-state index contributed by atoms with van der Waals surface area (Å²) in [5, 5.41) is 7.00. The fourth-order valence-corrected chi connectivity index (χ4v) is 5.19. The van der Waals surface area contributed by atoms with Crippen LogP contribution in [0.3, 0.4) is 0 Å². The molecule has 5 nitrogen and oxygen atoms in total. The van der Waals surface area contributed by atoms with Gasteiger partial charge < -0.3 is 0 Å². The molecule has 0 aliphatic carbocycles. The molecule has 0 aliphatic heterocycles. The molecule has 0 saturated heterocycles. The van der Waals surface area contributed by atoms with Gasteiger partial charge in [0.1, 0.15) is 0 Å². The summed E-state index contributed by atoms with van der Waals surface area (Å²) in [5.41, 5.74) is 10.3. The van der Waals surface area contributed by atoms with Gasteiger partial charge in [-0.1, -0.05) is 86.6 Å². The summed E-state index contributed by atoms with van der Waals surface area (Å²) < 4.78 is 1.86. The lowest BCUT2D eigenvalue weighted by molar-refractivity contribution is 0.831. The number of aromatic nitrogens is 5. The molecule has 5 heteroatoms. The van der Waals surface area contributed by atoms with Gasteiger partial charge in [-0.2, -0.15) is 0 Å². The number of pyridine rings is 3. The summed E-state index contributed by atoms with van der Waals surface area (Å²) in [6, 6.07) is 33.7. The van der Waals surface area contributed by atoms with Gasteiger partial charge in [-0.25, -0.2) is 9.50 Å². The number of hydrogen-bond acceptors (Lipinski definition) is 4. The largest absolute Gasteiger partial charge is 0.251 e. The van der Waals surface area contributed by atoms with Crippen LogP contribution in [0, 0.1) is 6.92 Å². The van der Waals surface area contributed by atoms with Gasteiger partial charge in [0.25, 0.3) is 0 Å². The van der Waals surface area contributed by atoms with Crippen LogP contribution in [0.1, 0.15) is 31.2 Å². The van der Waals surface area contributed by atoms with Crippen LogP contribution >= 0.6 is 0 Å². The molecule has 7 rings (SSSR count). The van der Waals surface area contributed by atoms with E-state index in [1.807, 2.05) is 41.9 Å². The highest BCUT2D eigenvalue weighted by molar-refractivity contribution is 6.08. The second-order valence-corrected chi connectivity index (χ2v) is 10.3. The maximum atomic E-state index is 5.07. The van der Waals surface area contributed by atoms with Gasteiger partial charge in [-0.05, 0) is 53.8 Å². The number of rotatable bonds is 4. The highest BCUT2D eigenvalue weighted by atomic mass is 15.3. The molecule has 0 spiro atoms. The summed E-state index contributed by atoms with van der Waals surface area (Å²) in [5.74, 6) is 1.01. The van der Waals surface area contributed by atoms with Crippen molar-refractivity contribution in [1.29, 1.82) is 0 Å². The van der Waals surface area contributed by atoms with Crippen molar-refractivity contribution in [1.82, 2.24) is 24.6 Å². The first-order valence-corrected chi connectivity index (χ1v) is 13.3. The van der Waals surface area contributed by atoms with Crippen LogP contribution in [-0.4, -0.2) is 24.6 Å². The molecule has 0 N–H and O–H groups in total. The molecule has 7 aromatic rings. The number of hydrogen-bond donors (Lipinski definition) is 0. The zero-order valence-corrected chi connectivity index (χ0v) is 22.1. The summed E-state index contributed by atoms with van der Waals surface area (Å²) in [6.07, 6.45) is 1.95. The third-order valence-electron chi connectivity index (χ3n) is 7.29. The van der Waals surface area contributed by atoms with Gasteiger partial charge in [0.2, 0.25) is 0 Å². The fourth-order valence-electron chi connectivity index (χ4n) is 5.19.